The number of amides is 1. The second kappa shape index (κ2) is 11.8. The van der Waals surface area contributed by atoms with Crippen LogP contribution in [0.5, 0.6) is 0 Å². The molecule has 0 saturated carbocycles. The molecule has 0 unspecified atom stereocenters. The standard InChI is InChI=1S/C23H32N4O.HI/c1-17(28)27-21-8-6-7-19(15-21)16-26-22(24-5)25-14-13-18-9-11-20(12-10-18)23(2,3)4;/h6-12,15H,13-14,16H2,1-5H3,(H,27,28)(H2,24,25,26);1H. The zero-order valence-corrected chi connectivity index (χ0v) is 20.3. The highest BCUT2D eigenvalue weighted by atomic mass is 127. The van der Waals surface area contributed by atoms with Gasteiger partial charge in [-0.2, -0.15) is 0 Å². The summed E-state index contributed by atoms with van der Waals surface area (Å²) in [6, 6.07) is 16.6. The van der Waals surface area contributed by atoms with Crippen molar-refractivity contribution in [3.05, 3.63) is 65.2 Å². The van der Waals surface area contributed by atoms with E-state index in [-0.39, 0.29) is 35.3 Å². The number of hydrogen-bond donors (Lipinski definition) is 3. The van der Waals surface area contributed by atoms with Crippen LogP contribution in [0.3, 0.4) is 0 Å². The average molecular weight is 508 g/mol. The molecule has 0 atom stereocenters. The highest BCUT2D eigenvalue weighted by Crippen LogP contribution is 2.22. The molecule has 0 aliphatic heterocycles. The predicted molar refractivity (Wildman–Crippen MR) is 133 cm³/mol. The van der Waals surface area contributed by atoms with Crippen LogP contribution in [0, 0.1) is 0 Å². The van der Waals surface area contributed by atoms with Crippen LogP contribution in [0.4, 0.5) is 5.69 Å². The number of hydrogen-bond acceptors (Lipinski definition) is 2. The van der Waals surface area contributed by atoms with Gasteiger partial charge in [-0.15, -0.1) is 24.0 Å². The molecule has 5 nitrogen and oxygen atoms in total. The van der Waals surface area contributed by atoms with Crippen molar-refractivity contribution < 1.29 is 4.79 Å². The number of nitrogens with one attached hydrogen (secondary N) is 3. The molecule has 0 aliphatic carbocycles. The first kappa shape index (κ1) is 24.9. The maximum atomic E-state index is 11.2. The lowest BCUT2D eigenvalue weighted by atomic mass is 9.86. The van der Waals surface area contributed by atoms with Crippen molar-refractivity contribution in [2.45, 2.75) is 46.1 Å². The lowest BCUT2D eigenvalue weighted by Gasteiger charge is -2.19. The second-order valence-corrected chi connectivity index (χ2v) is 7.93. The van der Waals surface area contributed by atoms with Crippen molar-refractivity contribution in [2.24, 2.45) is 4.99 Å². The van der Waals surface area contributed by atoms with Crippen molar-refractivity contribution in [2.75, 3.05) is 18.9 Å². The van der Waals surface area contributed by atoms with Gasteiger partial charge in [0.15, 0.2) is 5.96 Å². The molecule has 0 saturated heterocycles. The fourth-order valence-electron chi connectivity index (χ4n) is 2.87. The highest BCUT2D eigenvalue weighted by Gasteiger charge is 2.12. The molecule has 0 aromatic heterocycles. The second-order valence-electron chi connectivity index (χ2n) is 7.93. The summed E-state index contributed by atoms with van der Waals surface area (Å²) in [4.78, 5) is 15.5. The number of nitrogens with zero attached hydrogens (tertiary/aromatic N) is 1. The van der Waals surface area contributed by atoms with E-state index in [9.17, 15) is 4.79 Å². The third-order valence-corrected chi connectivity index (χ3v) is 4.46. The lowest BCUT2D eigenvalue weighted by molar-refractivity contribution is -0.114. The smallest absolute Gasteiger partial charge is 0.221 e. The Morgan fingerprint density at radius 1 is 1.00 bits per heavy atom. The number of carbonyl (C=O) groups excluding carboxylic acids is 1. The SMILES string of the molecule is CN=C(NCCc1ccc(C(C)(C)C)cc1)NCc1cccc(NC(C)=O)c1.I. The predicted octanol–water partition coefficient (Wildman–Crippen LogP) is 4.47. The van der Waals surface area contributed by atoms with Gasteiger partial charge in [-0.05, 0) is 40.7 Å². The van der Waals surface area contributed by atoms with E-state index in [4.69, 9.17) is 0 Å². The summed E-state index contributed by atoms with van der Waals surface area (Å²) in [7, 11) is 1.77. The minimum Gasteiger partial charge on any atom is -0.356 e. The summed E-state index contributed by atoms with van der Waals surface area (Å²) in [5.41, 5.74) is 4.71. The molecule has 0 heterocycles. The van der Waals surface area contributed by atoms with Crippen molar-refractivity contribution in [3.8, 4) is 0 Å². The van der Waals surface area contributed by atoms with Gasteiger partial charge in [0.1, 0.15) is 0 Å². The number of aliphatic imine (C=N–C) groups is 1. The van der Waals surface area contributed by atoms with Crippen LogP contribution in [0.1, 0.15) is 44.4 Å². The largest absolute Gasteiger partial charge is 0.356 e. The van der Waals surface area contributed by atoms with E-state index in [2.05, 4.69) is 66.0 Å². The van der Waals surface area contributed by atoms with Gasteiger partial charge in [-0.1, -0.05) is 57.2 Å². The molecule has 0 aliphatic rings. The first-order valence-electron chi connectivity index (χ1n) is 9.68. The van der Waals surface area contributed by atoms with Gasteiger partial charge in [0.2, 0.25) is 5.91 Å². The molecule has 3 N–H and O–H groups in total. The Hall–Kier alpha value is -2.09. The number of anilines is 1. The van der Waals surface area contributed by atoms with Crippen molar-refractivity contribution in [1.29, 1.82) is 0 Å². The summed E-state index contributed by atoms with van der Waals surface area (Å²) in [6.07, 6.45) is 0.934. The van der Waals surface area contributed by atoms with Crippen LogP contribution in [0.2, 0.25) is 0 Å². The zero-order valence-electron chi connectivity index (χ0n) is 18.0. The van der Waals surface area contributed by atoms with Crippen LogP contribution in [0.25, 0.3) is 0 Å². The molecule has 2 rings (SSSR count). The van der Waals surface area contributed by atoms with Crippen LogP contribution < -0.4 is 16.0 Å². The van der Waals surface area contributed by atoms with E-state index >= 15 is 0 Å². The van der Waals surface area contributed by atoms with E-state index in [1.165, 1.54) is 18.1 Å². The van der Waals surface area contributed by atoms with Gasteiger partial charge in [0, 0.05) is 32.7 Å². The summed E-state index contributed by atoms with van der Waals surface area (Å²) < 4.78 is 0. The molecule has 0 spiro atoms. The molecule has 0 radical (unpaired) electrons. The Balaban J connectivity index is 0.00000420. The molecular formula is C23H33IN4O. The third kappa shape index (κ3) is 8.85. The molecule has 29 heavy (non-hydrogen) atoms. The van der Waals surface area contributed by atoms with Gasteiger partial charge in [0.25, 0.3) is 0 Å². The third-order valence-electron chi connectivity index (χ3n) is 4.46. The minimum absolute atomic E-state index is 0. The molecule has 2 aromatic carbocycles. The molecule has 0 fully saturated rings. The van der Waals surface area contributed by atoms with Crippen molar-refractivity contribution in [3.63, 3.8) is 0 Å². The molecule has 158 valence electrons. The van der Waals surface area contributed by atoms with E-state index in [1.54, 1.807) is 7.05 Å². The summed E-state index contributed by atoms with van der Waals surface area (Å²) >= 11 is 0. The Morgan fingerprint density at radius 3 is 2.28 bits per heavy atom. The minimum atomic E-state index is -0.0712. The van der Waals surface area contributed by atoms with Crippen LogP contribution >= 0.6 is 24.0 Å². The van der Waals surface area contributed by atoms with Crippen LogP contribution in [-0.2, 0) is 23.2 Å². The highest BCUT2D eigenvalue weighted by molar-refractivity contribution is 14.0. The fourth-order valence-corrected chi connectivity index (χ4v) is 2.87. The van der Waals surface area contributed by atoms with Crippen molar-refractivity contribution >= 4 is 41.5 Å². The molecule has 1 amide bonds. The number of guanidine groups is 1. The first-order chi connectivity index (χ1) is 13.3. The normalized spacial score (nSPS) is 11.4. The Morgan fingerprint density at radius 2 is 1.69 bits per heavy atom. The first-order valence-corrected chi connectivity index (χ1v) is 9.68. The number of carbonyl (C=O) groups is 1. The van der Waals surface area contributed by atoms with E-state index in [0.717, 1.165) is 30.2 Å². The number of benzene rings is 2. The Bertz CT molecular complexity index is 810. The average Bonchev–Trinajstić information content (AvgIpc) is 2.64. The zero-order chi connectivity index (χ0) is 20.6. The number of halogens is 1. The van der Waals surface area contributed by atoms with E-state index in [1.807, 2.05) is 24.3 Å². The summed E-state index contributed by atoms with van der Waals surface area (Å²) in [5.74, 6) is 0.689. The quantitative estimate of drug-likeness (QED) is 0.307. The fraction of sp³-hybridized carbons (Fsp3) is 0.391. The van der Waals surface area contributed by atoms with Gasteiger partial charge >= 0.3 is 0 Å². The van der Waals surface area contributed by atoms with Crippen LogP contribution in [-0.4, -0.2) is 25.5 Å². The van der Waals surface area contributed by atoms with Crippen molar-refractivity contribution in [1.82, 2.24) is 10.6 Å². The monoisotopic (exact) mass is 508 g/mol. The summed E-state index contributed by atoms with van der Waals surface area (Å²) in [5, 5.41) is 9.46. The van der Waals surface area contributed by atoms with E-state index in [0.29, 0.717) is 6.54 Å². The van der Waals surface area contributed by atoms with Gasteiger partial charge in [0.05, 0.1) is 0 Å². The van der Waals surface area contributed by atoms with Gasteiger partial charge in [-0.3, -0.25) is 9.79 Å². The maximum Gasteiger partial charge on any atom is 0.221 e. The maximum absolute atomic E-state index is 11.2. The Labute approximate surface area is 191 Å². The van der Waals surface area contributed by atoms with Crippen LogP contribution in [0.15, 0.2) is 53.5 Å². The number of rotatable bonds is 6. The van der Waals surface area contributed by atoms with Gasteiger partial charge in [-0.25, -0.2) is 0 Å². The molecule has 2 aromatic rings. The Kier molecular flexibility index (Phi) is 10.2. The topological polar surface area (TPSA) is 65.5 Å². The van der Waals surface area contributed by atoms with E-state index < -0.39 is 0 Å². The van der Waals surface area contributed by atoms with Gasteiger partial charge < -0.3 is 16.0 Å². The molecule has 0 bridgehead atoms. The molecule has 6 heteroatoms. The summed E-state index contributed by atoms with van der Waals surface area (Å²) in [6.45, 7) is 9.63. The molecular weight excluding hydrogens is 475 g/mol. The lowest BCUT2D eigenvalue weighted by Crippen LogP contribution is -2.37.